The maximum absolute atomic E-state index is 5.88. The van der Waals surface area contributed by atoms with Crippen molar-refractivity contribution in [2.24, 2.45) is 0 Å². The van der Waals surface area contributed by atoms with Crippen molar-refractivity contribution in [3.8, 4) is 11.5 Å². The van der Waals surface area contributed by atoms with Gasteiger partial charge in [0.1, 0.15) is 11.5 Å². The van der Waals surface area contributed by atoms with E-state index >= 15 is 0 Å². The van der Waals surface area contributed by atoms with E-state index < -0.39 is 0 Å². The Morgan fingerprint density at radius 2 is 1.64 bits per heavy atom. The van der Waals surface area contributed by atoms with Gasteiger partial charge in [-0.3, -0.25) is 0 Å². The number of para-hydroxylation sites is 1. The first kappa shape index (κ1) is 16.9. The van der Waals surface area contributed by atoms with Crippen LogP contribution < -0.4 is 14.8 Å². The van der Waals surface area contributed by atoms with Gasteiger partial charge in [0, 0.05) is 30.3 Å². The van der Waals surface area contributed by atoms with Crippen LogP contribution in [0.2, 0.25) is 0 Å². The van der Waals surface area contributed by atoms with Crippen molar-refractivity contribution in [1.82, 2.24) is 0 Å². The lowest BCUT2D eigenvalue weighted by Crippen LogP contribution is -2.03. The molecule has 0 bridgehead atoms. The number of nitrogens with one attached hydrogen (secondary N) is 1. The fraction of sp³-hybridized carbons (Fsp3) is 0.182. The topological polar surface area (TPSA) is 30.5 Å². The van der Waals surface area contributed by atoms with E-state index in [0.717, 1.165) is 29.2 Å². The summed E-state index contributed by atoms with van der Waals surface area (Å²) in [5.41, 5.74) is 3.44. The Morgan fingerprint density at radius 1 is 0.840 bits per heavy atom. The Bertz CT molecular complexity index is 787. The molecule has 0 heterocycles. The van der Waals surface area contributed by atoms with Crippen molar-refractivity contribution in [2.45, 2.75) is 13.0 Å². The van der Waals surface area contributed by atoms with Crippen LogP contribution in [0, 0.1) is 0 Å². The third-order valence-corrected chi connectivity index (χ3v) is 4.01. The SMILES string of the molecule is COc1ccccc1CNc1cccc(OCCc2ccccc2)c1. The van der Waals surface area contributed by atoms with Gasteiger partial charge < -0.3 is 14.8 Å². The zero-order chi connectivity index (χ0) is 17.3. The summed E-state index contributed by atoms with van der Waals surface area (Å²) in [4.78, 5) is 0. The first-order valence-corrected chi connectivity index (χ1v) is 8.48. The minimum Gasteiger partial charge on any atom is -0.496 e. The van der Waals surface area contributed by atoms with Crippen LogP contribution in [0.25, 0.3) is 0 Å². The molecule has 3 rings (SSSR count). The van der Waals surface area contributed by atoms with E-state index in [4.69, 9.17) is 9.47 Å². The molecule has 3 heteroatoms. The predicted octanol–water partition coefficient (Wildman–Crippen LogP) is 4.93. The molecule has 0 aliphatic carbocycles. The minimum atomic E-state index is 0.667. The van der Waals surface area contributed by atoms with Crippen molar-refractivity contribution in [3.63, 3.8) is 0 Å². The van der Waals surface area contributed by atoms with E-state index in [-0.39, 0.29) is 0 Å². The molecule has 0 radical (unpaired) electrons. The molecule has 0 spiro atoms. The second-order valence-electron chi connectivity index (χ2n) is 5.78. The molecular formula is C22H23NO2. The Balaban J connectivity index is 1.54. The molecule has 25 heavy (non-hydrogen) atoms. The quantitative estimate of drug-likeness (QED) is 0.634. The zero-order valence-corrected chi connectivity index (χ0v) is 14.4. The first-order chi connectivity index (χ1) is 12.3. The number of anilines is 1. The zero-order valence-electron chi connectivity index (χ0n) is 14.4. The van der Waals surface area contributed by atoms with E-state index in [1.807, 2.05) is 48.5 Å². The van der Waals surface area contributed by atoms with Crippen LogP contribution in [0.15, 0.2) is 78.9 Å². The molecule has 0 aromatic heterocycles. The first-order valence-electron chi connectivity index (χ1n) is 8.48. The minimum absolute atomic E-state index is 0.667. The molecule has 0 amide bonds. The number of hydrogen-bond donors (Lipinski definition) is 1. The molecule has 0 fully saturated rings. The third-order valence-electron chi connectivity index (χ3n) is 4.01. The maximum atomic E-state index is 5.88. The molecule has 0 atom stereocenters. The van der Waals surface area contributed by atoms with Gasteiger partial charge in [-0.1, -0.05) is 54.6 Å². The summed E-state index contributed by atoms with van der Waals surface area (Å²) in [5.74, 6) is 1.77. The summed E-state index contributed by atoms with van der Waals surface area (Å²) in [6.07, 6.45) is 0.902. The number of benzene rings is 3. The van der Waals surface area contributed by atoms with Crippen molar-refractivity contribution in [3.05, 3.63) is 90.0 Å². The summed E-state index contributed by atoms with van der Waals surface area (Å²) < 4.78 is 11.3. The Hall–Kier alpha value is -2.94. The van der Waals surface area contributed by atoms with Gasteiger partial charge in [0.05, 0.1) is 13.7 Å². The van der Waals surface area contributed by atoms with E-state index in [0.29, 0.717) is 13.2 Å². The van der Waals surface area contributed by atoms with Crippen molar-refractivity contribution in [1.29, 1.82) is 0 Å². The van der Waals surface area contributed by atoms with Crippen LogP contribution in [-0.4, -0.2) is 13.7 Å². The van der Waals surface area contributed by atoms with Crippen LogP contribution in [0.3, 0.4) is 0 Å². The monoisotopic (exact) mass is 333 g/mol. The fourth-order valence-corrected chi connectivity index (χ4v) is 2.67. The van der Waals surface area contributed by atoms with Gasteiger partial charge >= 0.3 is 0 Å². The number of hydrogen-bond acceptors (Lipinski definition) is 3. The van der Waals surface area contributed by atoms with Crippen LogP contribution in [-0.2, 0) is 13.0 Å². The standard InChI is InChI=1S/C22H23NO2/c1-24-22-13-6-5-10-19(22)17-23-20-11-7-12-21(16-20)25-15-14-18-8-3-2-4-9-18/h2-13,16,23H,14-15,17H2,1H3. The summed E-state index contributed by atoms with van der Waals surface area (Å²) in [6.45, 7) is 1.37. The Labute approximate surface area is 149 Å². The fourth-order valence-electron chi connectivity index (χ4n) is 2.67. The summed E-state index contributed by atoms with van der Waals surface area (Å²) in [5, 5.41) is 3.42. The van der Waals surface area contributed by atoms with Gasteiger partial charge in [0.2, 0.25) is 0 Å². The maximum Gasteiger partial charge on any atom is 0.123 e. The van der Waals surface area contributed by atoms with Crippen LogP contribution in [0.5, 0.6) is 11.5 Å². The smallest absolute Gasteiger partial charge is 0.123 e. The lowest BCUT2D eigenvalue weighted by molar-refractivity contribution is 0.322. The molecule has 0 aliphatic heterocycles. The molecule has 0 aliphatic rings. The Morgan fingerprint density at radius 3 is 2.48 bits per heavy atom. The largest absolute Gasteiger partial charge is 0.496 e. The highest BCUT2D eigenvalue weighted by molar-refractivity contribution is 5.49. The molecule has 0 unspecified atom stereocenters. The Kier molecular flexibility index (Phi) is 5.94. The van der Waals surface area contributed by atoms with Gasteiger partial charge in [-0.05, 0) is 23.8 Å². The molecule has 0 saturated heterocycles. The average molecular weight is 333 g/mol. The normalized spacial score (nSPS) is 10.3. The van der Waals surface area contributed by atoms with Crippen molar-refractivity contribution >= 4 is 5.69 Å². The molecule has 3 aromatic carbocycles. The highest BCUT2D eigenvalue weighted by Gasteiger charge is 2.02. The second-order valence-corrected chi connectivity index (χ2v) is 5.78. The summed E-state index contributed by atoms with van der Waals surface area (Å²) in [7, 11) is 1.69. The molecule has 1 N–H and O–H groups in total. The predicted molar refractivity (Wildman–Crippen MR) is 102 cm³/mol. The van der Waals surface area contributed by atoms with Crippen LogP contribution >= 0.6 is 0 Å². The molecule has 0 saturated carbocycles. The molecule has 3 aromatic rings. The number of rotatable bonds is 8. The van der Waals surface area contributed by atoms with Crippen LogP contribution in [0.1, 0.15) is 11.1 Å². The third kappa shape index (κ3) is 5.01. The van der Waals surface area contributed by atoms with Gasteiger partial charge in [-0.2, -0.15) is 0 Å². The summed E-state index contributed by atoms with van der Waals surface area (Å²) in [6, 6.07) is 26.5. The molecule has 128 valence electrons. The highest BCUT2D eigenvalue weighted by Crippen LogP contribution is 2.21. The van der Waals surface area contributed by atoms with E-state index in [1.54, 1.807) is 7.11 Å². The number of methoxy groups -OCH3 is 1. The van der Waals surface area contributed by atoms with E-state index in [9.17, 15) is 0 Å². The molecule has 3 nitrogen and oxygen atoms in total. The lowest BCUT2D eigenvalue weighted by atomic mass is 10.2. The summed E-state index contributed by atoms with van der Waals surface area (Å²) >= 11 is 0. The van der Waals surface area contributed by atoms with Gasteiger partial charge in [0.15, 0.2) is 0 Å². The average Bonchev–Trinajstić information content (AvgIpc) is 2.68. The van der Waals surface area contributed by atoms with Gasteiger partial charge in [0.25, 0.3) is 0 Å². The van der Waals surface area contributed by atoms with Crippen molar-refractivity contribution < 1.29 is 9.47 Å². The highest BCUT2D eigenvalue weighted by atomic mass is 16.5. The molecular weight excluding hydrogens is 310 g/mol. The lowest BCUT2D eigenvalue weighted by Gasteiger charge is -2.12. The van der Waals surface area contributed by atoms with Crippen molar-refractivity contribution in [2.75, 3.05) is 19.0 Å². The van der Waals surface area contributed by atoms with Gasteiger partial charge in [-0.15, -0.1) is 0 Å². The number of ether oxygens (including phenoxy) is 2. The van der Waals surface area contributed by atoms with Gasteiger partial charge in [-0.25, -0.2) is 0 Å². The van der Waals surface area contributed by atoms with E-state index in [1.165, 1.54) is 5.56 Å². The van der Waals surface area contributed by atoms with Crippen LogP contribution in [0.4, 0.5) is 5.69 Å². The van der Waals surface area contributed by atoms with E-state index in [2.05, 4.69) is 35.6 Å². The second kappa shape index (κ2) is 8.78.